The number of carbonyl (C=O) groups is 2. The Morgan fingerprint density at radius 3 is 2.36 bits per heavy atom. The SMILES string of the molecule is C[C@H](NC(=O)c1cccs1)C(=O)NCc1ccc(COc2ccccc2)cc1. The highest BCUT2D eigenvalue weighted by Gasteiger charge is 2.16. The minimum absolute atomic E-state index is 0.221. The number of para-hydroxylation sites is 1. The smallest absolute Gasteiger partial charge is 0.261 e. The van der Waals surface area contributed by atoms with Crippen LogP contribution in [0.25, 0.3) is 0 Å². The molecule has 3 aromatic rings. The Morgan fingerprint density at radius 1 is 0.964 bits per heavy atom. The van der Waals surface area contributed by atoms with Crippen LogP contribution in [0.2, 0.25) is 0 Å². The van der Waals surface area contributed by atoms with Gasteiger partial charge in [-0.3, -0.25) is 9.59 Å². The maximum absolute atomic E-state index is 12.2. The van der Waals surface area contributed by atoms with E-state index in [1.54, 1.807) is 19.1 Å². The van der Waals surface area contributed by atoms with Crippen molar-refractivity contribution in [1.82, 2.24) is 10.6 Å². The van der Waals surface area contributed by atoms with Crippen LogP contribution in [0.3, 0.4) is 0 Å². The first-order valence-corrected chi connectivity index (χ1v) is 9.87. The number of hydrogen-bond donors (Lipinski definition) is 2. The van der Waals surface area contributed by atoms with Crippen molar-refractivity contribution in [3.63, 3.8) is 0 Å². The van der Waals surface area contributed by atoms with Crippen molar-refractivity contribution in [2.45, 2.75) is 26.1 Å². The summed E-state index contributed by atoms with van der Waals surface area (Å²) in [5.41, 5.74) is 2.03. The molecular weight excluding hydrogens is 372 g/mol. The van der Waals surface area contributed by atoms with E-state index in [-0.39, 0.29) is 11.8 Å². The summed E-state index contributed by atoms with van der Waals surface area (Å²) in [5, 5.41) is 7.38. The van der Waals surface area contributed by atoms with Gasteiger partial charge in [-0.2, -0.15) is 0 Å². The van der Waals surface area contributed by atoms with E-state index < -0.39 is 6.04 Å². The lowest BCUT2D eigenvalue weighted by molar-refractivity contribution is -0.122. The summed E-state index contributed by atoms with van der Waals surface area (Å²) >= 11 is 1.34. The van der Waals surface area contributed by atoms with Crippen molar-refractivity contribution in [2.24, 2.45) is 0 Å². The van der Waals surface area contributed by atoms with E-state index in [9.17, 15) is 9.59 Å². The number of thiophene rings is 1. The highest BCUT2D eigenvalue weighted by Crippen LogP contribution is 2.12. The molecule has 0 aliphatic heterocycles. The first-order valence-electron chi connectivity index (χ1n) is 8.99. The Balaban J connectivity index is 1.43. The number of rotatable bonds is 8. The van der Waals surface area contributed by atoms with E-state index in [2.05, 4.69) is 10.6 Å². The molecule has 3 rings (SSSR count). The zero-order chi connectivity index (χ0) is 19.8. The maximum Gasteiger partial charge on any atom is 0.261 e. The molecule has 0 bridgehead atoms. The second kappa shape index (κ2) is 9.71. The summed E-state index contributed by atoms with van der Waals surface area (Å²) < 4.78 is 5.72. The fourth-order valence-electron chi connectivity index (χ4n) is 2.52. The Hall–Kier alpha value is -3.12. The van der Waals surface area contributed by atoms with Gasteiger partial charge < -0.3 is 15.4 Å². The molecule has 0 spiro atoms. The number of ether oxygens (including phenoxy) is 1. The van der Waals surface area contributed by atoms with Gasteiger partial charge >= 0.3 is 0 Å². The molecule has 6 heteroatoms. The van der Waals surface area contributed by atoms with Gasteiger partial charge in [0.2, 0.25) is 5.91 Å². The molecule has 0 radical (unpaired) electrons. The van der Waals surface area contributed by atoms with Crippen LogP contribution in [0.1, 0.15) is 27.7 Å². The Morgan fingerprint density at radius 2 is 1.68 bits per heavy atom. The normalized spacial score (nSPS) is 11.5. The predicted octanol–water partition coefficient (Wildman–Crippen LogP) is 3.76. The second-order valence-corrected chi connectivity index (χ2v) is 7.26. The predicted molar refractivity (Wildman–Crippen MR) is 110 cm³/mol. The Bertz CT molecular complexity index is 893. The highest BCUT2D eigenvalue weighted by atomic mass is 32.1. The highest BCUT2D eigenvalue weighted by molar-refractivity contribution is 7.12. The minimum Gasteiger partial charge on any atom is -0.489 e. The van der Waals surface area contributed by atoms with E-state index in [4.69, 9.17) is 4.74 Å². The van der Waals surface area contributed by atoms with Gasteiger partial charge in [-0.05, 0) is 41.6 Å². The summed E-state index contributed by atoms with van der Waals surface area (Å²) in [6.07, 6.45) is 0. The summed E-state index contributed by atoms with van der Waals surface area (Å²) in [6, 6.07) is 20.5. The zero-order valence-corrected chi connectivity index (χ0v) is 16.4. The van der Waals surface area contributed by atoms with Gasteiger partial charge in [-0.1, -0.05) is 48.5 Å². The summed E-state index contributed by atoms with van der Waals surface area (Å²) in [7, 11) is 0. The third-order valence-corrected chi connectivity index (χ3v) is 4.99. The first-order chi connectivity index (χ1) is 13.6. The molecule has 0 fully saturated rings. The van der Waals surface area contributed by atoms with Crippen molar-refractivity contribution in [3.05, 3.63) is 88.1 Å². The quantitative estimate of drug-likeness (QED) is 0.611. The van der Waals surface area contributed by atoms with Crippen molar-refractivity contribution < 1.29 is 14.3 Å². The molecule has 0 unspecified atom stereocenters. The van der Waals surface area contributed by atoms with E-state index in [1.165, 1.54) is 11.3 Å². The van der Waals surface area contributed by atoms with Gasteiger partial charge in [-0.25, -0.2) is 0 Å². The molecule has 1 atom stereocenters. The van der Waals surface area contributed by atoms with E-state index in [0.29, 0.717) is 18.0 Å². The lowest BCUT2D eigenvalue weighted by atomic mass is 10.1. The van der Waals surface area contributed by atoms with Gasteiger partial charge in [0.15, 0.2) is 0 Å². The van der Waals surface area contributed by atoms with Gasteiger partial charge in [0.05, 0.1) is 4.88 Å². The van der Waals surface area contributed by atoms with Gasteiger partial charge in [0.1, 0.15) is 18.4 Å². The van der Waals surface area contributed by atoms with Gasteiger partial charge in [0.25, 0.3) is 5.91 Å². The Labute approximate surface area is 168 Å². The lowest BCUT2D eigenvalue weighted by Gasteiger charge is -2.14. The maximum atomic E-state index is 12.2. The third-order valence-electron chi connectivity index (χ3n) is 4.12. The fraction of sp³-hybridized carbons (Fsp3) is 0.182. The van der Waals surface area contributed by atoms with Gasteiger partial charge in [0, 0.05) is 6.54 Å². The lowest BCUT2D eigenvalue weighted by Crippen LogP contribution is -2.44. The number of benzene rings is 2. The van der Waals surface area contributed by atoms with Crippen LogP contribution in [0.5, 0.6) is 5.75 Å². The third kappa shape index (κ3) is 5.69. The minimum atomic E-state index is -0.604. The Kier molecular flexibility index (Phi) is 6.81. The fourth-order valence-corrected chi connectivity index (χ4v) is 3.15. The van der Waals surface area contributed by atoms with Crippen molar-refractivity contribution >= 4 is 23.2 Å². The molecule has 1 aromatic heterocycles. The topological polar surface area (TPSA) is 67.4 Å². The van der Waals surface area contributed by atoms with Gasteiger partial charge in [-0.15, -0.1) is 11.3 Å². The monoisotopic (exact) mass is 394 g/mol. The average molecular weight is 394 g/mol. The molecule has 144 valence electrons. The summed E-state index contributed by atoms with van der Waals surface area (Å²) in [4.78, 5) is 24.8. The molecule has 1 heterocycles. The molecule has 2 N–H and O–H groups in total. The zero-order valence-electron chi connectivity index (χ0n) is 15.6. The van der Waals surface area contributed by atoms with Crippen LogP contribution in [0.4, 0.5) is 0 Å². The molecule has 5 nitrogen and oxygen atoms in total. The van der Waals surface area contributed by atoms with Crippen LogP contribution in [-0.4, -0.2) is 17.9 Å². The van der Waals surface area contributed by atoms with Crippen LogP contribution in [0.15, 0.2) is 72.1 Å². The van der Waals surface area contributed by atoms with Crippen molar-refractivity contribution in [1.29, 1.82) is 0 Å². The number of amides is 2. The first kappa shape index (κ1) is 19.6. The van der Waals surface area contributed by atoms with Crippen molar-refractivity contribution in [2.75, 3.05) is 0 Å². The molecule has 0 saturated carbocycles. The van der Waals surface area contributed by atoms with E-state index in [0.717, 1.165) is 16.9 Å². The number of carbonyl (C=O) groups excluding carboxylic acids is 2. The molecule has 2 aromatic carbocycles. The van der Waals surface area contributed by atoms with Crippen molar-refractivity contribution in [3.8, 4) is 5.75 Å². The molecule has 2 amide bonds. The number of hydrogen-bond acceptors (Lipinski definition) is 4. The summed E-state index contributed by atoms with van der Waals surface area (Å²) in [5.74, 6) is 0.374. The second-order valence-electron chi connectivity index (χ2n) is 6.31. The van der Waals surface area contributed by atoms with E-state index >= 15 is 0 Å². The van der Waals surface area contributed by atoms with E-state index in [1.807, 2.05) is 60.0 Å². The molecule has 0 saturated heterocycles. The standard InChI is InChI=1S/C22H22N2O3S/c1-16(24-22(26)20-8-5-13-28-20)21(25)23-14-17-9-11-18(12-10-17)15-27-19-6-3-2-4-7-19/h2-13,16H,14-15H2,1H3,(H,23,25)(H,24,26)/t16-/m0/s1. The molecule has 0 aliphatic carbocycles. The molecular formula is C22H22N2O3S. The van der Waals surface area contributed by atoms with Crippen LogP contribution >= 0.6 is 11.3 Å². The van der Waals surface area contributed by atoms with Crippen LogP contribution in [0, 0.1) is 0 Å². The summed E-state index contributed by atoms with van der Waals surface area (Å²) in [6.45, 7) is 2.56. The largest absolute Gasteiger partial charge is 0.489 e. The average Bonchev–Trinajstić information content (AvgIpc) is 3.27. The number of nitrogens with one attached hydrogen (secondary N) is 2. The van der Waals surface area contributed by atoms with Crippen LogP contribution in [-0.2, 0) is 17.9 Å². The molecule has 28 heavy (non-hydrogen) atoms. The molecule has 0 aliphatic rings. The van der Waals surface area contributed by atoms with Crippen LogP contribution < -0.4 is 15.4 Å².